The molecule has 0 saturated carbocycles. The van der Waals surface area contributed by atoms with E-state index >= 15 is 0 Å². The molecule has 0 spiro atoms. The van der Waals surface area contributed by atoms with Gasteiger partial charge in [0.2, 0.25) is 5.82 Å². The summed E-state index contributed by atoms with van der Waals surface area (Å²) in [5, 5.41) is 8.52. The molecule has 0 N–H and O–H groups in total. The number of nitrogens with zero attached hydrogens (tertiary/aromatic N) is 3. The molecular formula is C7H9N3O. The van der Waals surface area contributed by atoms with E-state index in [2.05, 4.69) is 4.98 Å². The minimum atomic E-state index is 0.387. The van der Waals surface area contributed by atoms with E-state index in [0.29, 0.717) is 19.2 Å². The Balaban J connectivity index is 2.63. The molecule has 1 heterocycles. The van der Waals surface area contributed by atoms with E-state index in [4.69, 9.17) is 10.00 Å². The standard InChI is InChI=1S/C7H9N3O/c1-2-11-6-10-4-3-9-7(10)5-8/h3-4H,2,6H2,1H3. The molecule has 0 atom stereocenters. The van der Waals surface area contributed by atoms with Crippen LogP contribution in [0.5, 0.6) is 0 Å². The lowest BCUT2D eigenvalue weighted by molar-refractivity contribution is 0.0872. The summed E-state index contributed by atoms with van der Waals surface area (Å²) < 4.78 is 6.75. The molecule has 0 aliphatic rings. The van der Waals surface area contributed by atoms with Gasteiger partial charge in [-0.3, -0.25) is 4.57 Å². The van der Waals surface area contributed by atoms with E-state index in [1.165, 1.54) is 0 Å². The highest BCUT2D eigenvalue weighted by atomic mass is 16.5. The largest absolute Gasteiger partial charge is 0.361 e. The second-order valence-electron chi connectivity index (χ2n) is 1.95. The Morgan fingerprint density at radius 1 is 1.82 bits per heavy atom. The smallest absolute Gasteiger partial charge is 0.214 e. The lowest BCUT2D eigenvalue weighted by Crippen LogP contribution is -2.03. The summed E-state index contributed by atoms with van der Waals surface area (Å²) in [5.41, 5.74) is 0. The van der Waals surface area contributed by atoms with Crippen molar-refractivity contribution < 1.29 is 4.74 Å². The van der Waals surface area contributed by atoms with Gasteiger partial charge in [0, 0.05) is 19.0 Å². The first-order valence-corrected chi connectivity index (χ1v) is 3.37. The van der Waals surface area contributed by atoms with Crippen LogP contribution in [0.1, 0.15) is 12.7 Å². The second kappa shape index (κ2) is 3.74. The number of aromatic nitrogens is 2. The minimum Gasteiger partial charge on any atom is -0.361 e. The van der Waals surface area contributed by atoms with Gasteiger partial charge in [-0.1, -0.05) is 0 Å². The van der Waals surface area contributed by atoms with Gasteiger partial charge in [-0.15, -0.1) is 0 Å². The summed E-state index contributed by atoms with van der Waals surface area (Å²) >= 11 is 0. The van der Waals surface area contributed by atoms with Crippen LogP contribution in [0.4, 0.5) is 0 Å². The van der Waals surface area contributed by atoms with E-state index in [1.807, 2.05) is 13.0 Å². The van der Waals surface area contributed by atoms with Crippen LogP contribution in [-0.4, -0.2) is 16.2 Å². The van der Waals surface area contributed by atoms with Crippen molar-refractivity contribution in [1.82, 2.24) is 9.55 Å². The Hall–Kier alpha value is -1.34. The fourth-order valence-corrected chi connectivity index (χ4v) is 0.716. The molecule has 0 amide bonds. The van der Waals surface area contributed by atoms with Crippen LogP contribution in [0.3, 0.4) is 0 Å². The molecule has 0 aromatic carbocycles. The maximum atomic E-state index is 8.52. The summed E-state index contributed by atoms with van der Waals surface area (Å²) in [6, 6.07) is 1.96. The predicted molar refractivity (Wildman–Crippen MR) is 38.6 cm³/mol. The molecule has 0 aliphatic carbocycles. The highest BCUT2D eigenvalue weighted by Gasteiger charge is 1.98. The van der Waals surface area contributed by atoms with Gasteiger partial charge < -0.3 is 4.74 Å². The van der Waals surface area contributed by atoms with E-state index in [9.17, 15) is 0 Å². The molecule has 0 bridgehead atoms. The molecule has 4 heteroatoms. The van der Waals surface area contributed by atoms with E-state index in [0.717, 1.165) is 0 Å². The fraction of sp³-hybridized carbons (Fsp3) is 0.429. The Bertz CT molecular complexity index is 261. The normalized spacial score (nSPS) is 9.45. The maximum absolute atomic E-state index is 8.52. The lowest BCUT2D eigenvalue weighted by Gasteiger charge is -2.01. The van der Waals surface area contributed by atoms with Crippen molar-refractivity contribution in [2.24, 2.45) is 0 Å². The third-order valence-corrected chi connectivity index (χ3v) is 1.25. The molecule has 0 fully saturated rings. The zero-order chi connectivity index (χ0) is 8.10. The van der Waals surface area contributed by atoms with Crippen molar-refractivity contribution in [2.45, 2.75) is 13.7 Å². The van der Waals surface area contributed by atoms with Crippen LogP contribution in [0.15, 0.2) is 12.4 Å². The van der Waals surface area contributed by atoms with Gasteiger partial charge in [0.1, 0.15) is 12.8 Å². The molecule has 1 rings (SSSR count). The van der Waals surface area contributed by atoms with Crippen molar-refractivity contribution >= 4 is 0 Å². The summed E-state index contributed by atoms with van der Waals surface area (Å²) in [7, 11) is 0. The van der Waals surface area contributed by atoms with Crippen LogP contribution in [0.2, 0.25) is 0 Å². The van der Waals surface area contributed by atoms with E-state index in [1.54, 1.807) is 17.0 Å². The molecule has 0 radical (unpaired) electrons. The van der Waals surface area contributed by atoms with E-state index in [-0.39, 0.29) is 0 Å². The van der Waals surface area contributed by atoms with Gasteiger partial charge in [0.05, 0.1) is 0 Å². The van der Waals surface area contributed by atoms with Gasteiger partial charge >= 0.3 is 0 Å². The lowest BCUT2D eigenvalue weighted by atomic mass is 10.7. The first-order valence-electron chi connectivity index (χ1n) is 3.37. The number of hydrogen-bond acceptors (Lipinski definition) is 3. The van der Waals surface area contributed by atoms with Crippen LogP contribution < -0.4 is 0 Å². The molecule has 0 saturated heterocycles. The van der Waals surface area contributed by atoms with Gasteiger partial charge in [-0.05, 0) is 6.92 Å². The molecule has 1 aromatic heterocycles. The van der Waals surface area contributed by atoms with Crippen molar-refractivity contribution in [3.8, 4) is 6.07 Å². The summed E-state index contributed by atoms with van der Waals surface area (Å²) in [6.07, 6.45) is 3.30. The molecule has 58 valence electrons. The number of hydrogen-bond donors (Lipinski definition) is 0. The average Bonchev–Trinajstić information content (AvgIpc) is 2.47. The fourth-order valence-electron chi connectivity index (χ4n) is 0.716. The zero-order valence-electron chi connectivity index (χ0n) is 6.32. The summed E-state index contributed by atoms with van der Waals surface area (Å²) in [5.74, 6) is 0.387. The van der Waals surface area contributed by atoms with Crippen molar-refractivity contribution in [3.05, 3.63) is 18.2 Å². The van der Waals surface area contributed by atoms with Gasteiger partial charge in [-0.2, -0.15) is 5.26 Å². The third-order valence-electron chi connectivity index (χ3n) is 1.25. The molecule has 0 unspecified atom stereocenters. The maximum Gasteiger partial charge on any atom is 0.214 e. The van der Waals surface area contributed by atoms with Gasteiger partial charge in [-0.25, -0.2) is 4.98 Å². The van der Waals surface area contributed by atoms with Crippen molar-refractivity contribution in [3.63, 3.8) is 0 Å². The first kappa shape index (κ1) is 7.76. The van der Waals surface area contributed by atoms with Crippen LogP contribution in [0.25, 0.3) is 0 Å². The highest BCUT2D eigenvalue weighted by molar-refractivity contribution is 5.10. The zero-order valence-corrected chi connectivity index (χ0v) is 6.32. The number of rotatable bonds is 3. The van der Waals surface area contributed by atoms with Gasteiger partial charge in [0.25, 0.3) is 0 Å². The number of ether oxygens (including phenoxy) is 1. The molecule has 1 aromatic rings. The molecule has 4 nitrogen and oxygen atoms in total. The first-order chi connectivity index (χ1) is 5.38. The monoisotopic (exact) mass is 151 g/mol. The quantitative estimate of drug-likeness (QED) is 0.640. The Kier molecular flexibility index (Phi) is 2.64. The molecule has 11 heavy (non-hydrogen) atoms. The Labute approximate surface area is 65.0 Å². The molecule has 0 aliphatic heterocycles. The van der Waals surface area contributed by atoms with Crippen LogP contribution in [-0.2, 0) is 11.5 Å². The SMILES string of the molecule is CCOCn1ccnc1C#N. The third kappa shape index (κ3) is 1.79. The second-order valence-corrected chi connectivity index (χ2v) is 1.95. The van der Waals surface area contributed by atoms with Gasteiger partial charge in [0.15, 0.2) is 0 Å². The molecular weight excluding hydrogens is 142 g/mol. The predicted octanol–water partition coefficient (Wildman–Crippen LogP) is 0.749. The van der Waals surface area contributed by atoms with Crippen LogP contribution in [0, 0.1) is 11.3 Å². The Morgan fingerprint density at radius 2 is 2.64 bits per heavy atom. The average molecular weight is 151 g/mol. The van der Waals surface area contributed by atoms with Crippen molar-refractivity contribution in [2.75, 3.05) is 6.61 Å². The number of nitriles is 1. The van der Waals surface area contributed by atoms with Crippen molar-refractivity contribution in [1.29, 1.82) is 5.26 Å². The van der Waals surface area contributed by atoms with E-state index < -0.39 is 0 Å². The van der Waals surface area contributed by atoms with Crippen LogP contribution >= 0.6 is 0 Å². The summed E-state index contributed by atoms with van der Waals surface area (Å²) in [4.78, 5) is 3.81. The summed E-state index contributed by atoms with van der Waals surface area (Å²) in [6.45, 7) is 2.95. The minimum absolute atomic E-state index is 0.387. The Morgan fingerprint density at radius 3 is 3.27 bits per heavy atom. The topological polar surface area (TPSA) is 50.8 Å². The number of imidazole rings is 1. The highest BCUT2D eigenvalue weighted by Crippen LogP contribution is 1.94.